The fourth-order valence-corrected chi connectivity index (χ4v) is 5.58. The summed E-state index contributed by atoms with van der Waals surface area (Å²) < 4.78 is 32.5. The molecule has 1 atom stereocenters. The number of nitrogens with one attached hydrogen (secondary N) is 1. The lowest BCUT2D eigenvalue weighted by molar-refractivity contribution is -0.126. The molecule has 140 valence electrons. The summed E-state index contributed by atoms with van der Waals surface area (Å²) in [6.07, 6.45) is 1.38. The lowest BCUT2D eigenvalue weighted by Crippen LogP contribution is -2.45. The number of ether oxygens (including phenoxy) is 1. The molecule has 6 nitrogen and oxygen atoms in total. The van der Waals surface area contributed by atoms with Gasteiger partial charge >= 0.3 is 0 Å². The SMILES string of the molecule is O=C(NCCOc1ccccc1)[C@H]1CCCN(S(=O)(=O)c2cccs2)C1. The number of carbonyl (C=O) groups excluding carboxylic acids is 1. The number of carbonyl (C=O) groups is 1. The van der Waals surface area contributed by atoms with Gasteiger partial charge in [0, 0.05) is 13.1 Å². The number of piperidine rings is 1. The van der Waals surface area contributed by atoms with E-state index in [1.165, 1.54) is 15.6 Å². The molecule has 1 aliphatic heterocycles. The first-order valence-corrected chi connectivity index (χ1v) is 10.9. The number of nitrogens with zero attached hydrogens (tertiary/aromatic N) is 1. The molecule has 1 amide bonds. The number of amides is 1. The Balaban J connectivity index is 1.49. The first kappa shape index (κ1) is 18.9. The summed E-state index contributed by atoms with van der Waals surface area (Å²) in [7, 11) is -3.50. The minimum absolute atomic E-state index is 0.118. The van der Waals surface area contributed by atoms with Gasteiger partial charge in [0.05, 0.1) is 12.5 Å². The van der Waals surface area contributed by atoms with Crippen LogP contribution in [0.15, 0.2) is 52.1 Å². The van der Waals surface area contributed by atoms with Crippen LogP contribution in [0.1, 0.15) is 12.8 Å². The van der Waals surface area contributed by atoms with E-state index in [1.807, 2.05) is 30.3 Å². The predicted octanol–water partition coefficient (Wildman–Crippen LogP) is 2.34. The molecule has 0 saturated carbocycles. The van der Waals surface area contributed by atoms with E-state index in [4.69, 9.17) is 4.74 Å². The molecular weight excluding hydrogens is 372 g/mol. The molecule has 1 N–H and O–H groups in total. The highest BCUT2D eigenvalue weighted by Crippen LogP contribution is 2.26. The minimum Gasteiger partial charge on any atom is -0.492 e. The van der Waals surface area contributed by atoms with Crippen LogP contribution in [0.4, 0.5) is 0 Å². The monoisotopic (exact) mass is 394 g/mol. The van der Waals surface area contributed by atoms with E-state index in [0.29, 0.717) is 36.7 Å². The maximum Gasteiger partial charge on any atom is 0.252 e. The highest BCUT2D eigenvalue weighted by atomic mass is 32.2. The molecule has 0 aliphatic carbocycles. The first-order chi connectivity index (χ1) is 12.6. The average molecular weight is 395 g/mol. The van der Waals surface area contributed by atoms with Crippen LogP contribution >= 0.6 is 11.3 Å². The van der Waals surface area contributed by atoms with E-state index < -0.39 is 10.0 Å². The summed E-state index contributed by atoms with van der Waals surface area (Å²) in [4.78, 5) is 12.4. The number of sulfonamides is 1. The Hall–Kier alpha value is -1.90. The third-order valence-corrected chi connectivity index (χ3v) is 7.50. The van der Waals surface area contributed by atoms with Crippen LogP contribution in [0.3, 0.4) is 0 Å². The van der Waals surface area contributed by atoms with Crippen LogP contribution in [0, 0.1) is 5.92 Å². The molecule has 1 fully saturated rings. The molecule has 26 heavy (non-hydrogen) atoms. The topological polar surface area (TPSA) is 75.7 Å². The summed E-state index contributed by atoms with van der Waals surface area (Å²) in [5, 5.41) is 4.59. The maximum atomic E-state index is 12.6. The Kier molecular flexibility index (Phi) is 6.29. The summed E-state index contributed by atoms with van der Waals surface area (Å²) in [5.41, 5.74) is 0. The zero-order chi connectivity index (χ0) is 18.4. The molecular formula is C18H22N2O4S2. The van der Waals surface area contributed by atoms with Crippen molar-refractivity contribution in [1.82, 2.24) is 9.62 Å². The molecule has 8 heteroatoms. The molecule has 3 rings (SSSR count). The van der Waals surface area contributed by atoms with Crippen molar-refractivity contribution in [2.45, 2.75) is 17.1 Å². The van der Waals surface area contributed by atoms with E-state index in [2.05, 4.69) is 5.32 Å². The second-order valence-corrected chi connectivity index (χ2v) is 9.20. The number of para-hydroxylation sites is 1. The smallest absolute Gasteiger partial charge is 0.252 e. The normalized spacial score (nSPS) is 18.4. The Bertz CT molecular complexity index is 807. The van der Waals surface area contributed by atoms with Crippen molar-refractivity contribution >= 4 is 27.3 Å². The van der Waals surface area contributed by atoms with Gasteiger partial charge in [0.2, 0.25) is 5.91 Å². The molecule has 2 heterocycles. The zero-order valence-corrected chi connectivity index (χ0v) is 16.0. The highest BCUT2D eigenvalue weighted by molar-refractivity contribution is 7.91. The lowest BCUT2D eigenvalue weighted by atomic mass is 9.99. The number of hydrogen-bond acceptors (Lipinski definition) is 5. The van der Waals surface area contributed by atoms with Gasteiger partial charge < -0.3 is 10.1 Å². The van der Waals surface area contributed by atoms with Gasteiger partial charge in [-0.2, -0.15) is 4.31 Å². The van der Waals surface area contributed by atoms with Gasteiger partial charge in [0.15, 0.2) is 0 Å². The van der Waals surface area contributed by atoms with Gasteiger partial charge in [-0.15, -0.1) is 11.3 Å². The van der Waals surface area contributed by atoms with Crippen molar-refractivity contribution in [1.29, 1.82) is 0 Å². The van der Waals surface area contributed by atoms with Gasteiger partial charge in [0.25, 0.3) is 10.0 Å². The van der Waals surface area contributed by atoms with Crippen molar-refractivity contribution in [3.05, 3.63) is 47.8 Å². The second kappa shape index (κ2) is 8.66. The maximum absolute atomic E-state index is 12.6. The predicted molar refractivity (Wildman–Crippen MR) is 101 cm³/mol. The number of thiophene rings is 1. The molecule has 1 aliphatic rings. The lowest BCUT2D eigenvalue weighted by Gasteiger charge is -2.30. The fourth-order valence-electron chi connectivity index (χ4n) is 2.92. The molecule has 1 aromatic carbocycles. The second-order valence-electron chi connectivity index (χ2n) is 6.09. The molecule has 0 unspecified atom stereocenters. The van der Waals surface area contributed by atoms with Gasteiger partial charge in [-0.25, -0.2) is 8.42 Å². The van der Waals surface area contributed by atoms with Crippen LogP contribution < -0.4 is 10.1 Å². The van der Waals surface area contributed by atoms with Gasteiger partial charge in [0.1, 0.15) is 16.6 Å². The van der Waals surface area contributed by atoms with Crippen molar-refractivity contribution in [3.8, 4) is 5.75 Å². The van der Waals surface area contributed by atoms with Gasteiger partial charge in [-0.3, -0.25) is 4.79 Å². The Morgan fingerprint density at radius 2 is 2.04 bits per heavy atom. The third kappa shape index (κ3) is 4.63. The molecule has 0 spiro atoms. The average Bonchev–Trinajstić information content (AvgIpc) is 3.22. The minimum atomic E-state index is -3.50. The quantitative estimate of drug-likeness (QED) is 0.732. The standard InChI is InChI=1S/C18H22N2O4S2/c21-18(19-10-12-24-16-7-2-1-3-8-16)15-6-4-11-20(14-15)26(22,23)17-9-5-13-25-17/h1-3,5,7-9,13,15H,4,6,10-12,14H2,(H,19,21)/t15-/m0/s1. The van der Waals surface area contributed by atoms with Crippen LogP contribution in [0.25, 0.3) is 0 Å². The van der Waals surface area contributed by atoms with Crippen molar-refractivity contribution in [3.63, 3.8) is 0 Å². The summed E-state index contributed by atoms with van der Waals surface area (Å²) in [6, 6.07) is 12.7. The van der Waals surface area contributed by atoms with Gasteiger partial charge in [-0.1, -0.05) is 24.3 Å². The van der Waals surface area contributed by atoms with E-state index in [0.717, 1.165) is 5.75 Å². The van der Waals surface area contributed by atoms with E-state index >= 15 is 0 Å². The summed E-state index contributed by atoms with van der Waals surface area (Å²) in [6.45, 7) is 1.45. The first-order valence-electron chi connectivity index (χ1n) is 8.56. The third-order valence-electron chi connectivity index (χ3n) is 4.26. The molecule has 1 saturated heterocycles. The van der Waals surface area contributed by atoms with E-state index in [9.17, 15) is 13.2 Å². The Labute approximate surface area is 157 Å². The number of rotatable bonds is 7. The van der Waals surface area contributed by atoms with Crippen molar-refractivity contribution in [2.75, 3.05) is 26.2 Å². The molecule has 2 aromatic rings. The Morgan fingerprint density at radius 1 is 1.23 bits per heavy atom. The van der Waals surface area contributed by atoms with E-state index in [1.54, 1.807) is 17.5 Å². The summed E-state index contributed by atoms with van der Waals surface area (Å²) in [5.74, 6) is 0.315. The van der Waals surface area contributed by atoms with Gasteiger partial charge in [-0.05, 0) is 36.4 Å². The fraction of sp³-hybridized carbons (Fsp3) is 0.389. The van der Waals surface area contributed by atoms with Crippen LogP contribution in [0.2, 0.25) is 0 Å². The Morgan fingerprint density at radius 3 is 2.77 bits per heavy atom. The molecule has 0 radical (unpaired) electrons. The van der Waals surface area contributed by atoms with Crippen LogP contribution in [-0.2, 0) is 14.8 Å². The van der Waals surface area contributed by atoms with Crippen LogP contribution in [0.5, 0.6) is 5.75 Å². The molecule has 0 bridgehead atoms. The van der Waals surface area contributed by atoms with Crippen molar-refractivity contribution < 1.29 is 17.9 Å². The molecule has 1 aromatic heterocycles. The summed E-state index contributed by atoms with van der Waals surface area (Å²) >= 11 is 1.20. The van der Waals surface area contributed by atoms with Crippen molar-refractivity contribution in [2.24, 2.45) is 5.92 Å². The largest absolute Gasteiger partial charge is 0.492 e. The van der Waals surface area contributed by atoms with E-state index in [-0.39, 0.29) is 18.4 Å². The number of hydrogen-bond donors (Lipinski definition) is 1. The van der Waals surface area contributed by atoms with Crippen LogP contribution in [-0.4, -0.2) is 44.9 Å². The highest BCUT2D eigenvalue weighted by Gasteiger charge is 2.33. The number of benzene rings is 1. The zero-order valence-electron chi connectivity index (χ0n) is 14.3.